The van der Waals surface area contributed by atoms with E-state index in [0.29, 0.717) is 0 Å². The number of hydrogen-bond acceptors (Lipinski definition) is 2. The Morgan fingerprint density at radius 2 is 2.06 bits per heavy atom. The zero-order valence-corrected chi connectivity index (χ0v) is 10.7. The number of anilines is 1. The van der Waals surface area contributed by atoms with E-state index in [1.165, 1.54) is 5.56 Å². The van der Waals surface area contributed by atoms with Gasteiger partial charge in [0.15, 0.2) is 0 Å². The summed E-state index contributed by atoms with van der Waals surface area (Å²) in [4.78, 5) is 12.0. The van der Waals surface area contributed by atoms with E-state index in [9.17, 15) is 4.79 Å². The van der Waals surface area contributed by atoms with Crippen molar-refractivity contribution < 1.29 is 4.79 Å². The molecule has 1 atom stereocenters. The number of carbonyl (C=O) groups excluding carboxylic acids is 1. The molecule has 1 aromatic carbocycles. The molecular weight excluding hydrogens is 212 g/mol. The van der Waals surface area contributed by atoms with Crippen LogP contribution in [0.5, 0.6) is 0 Å². The first kappa shape index (κ1) is 12.0. The molecule has 3 heteroatoms. The van der Waals surface area contributed by atoms with Gasteiger partial charge in [-0.05, 0) is 45.2 Å². The molecule has 92 valence electrons. The number of hydrogen-bond donors (Lipinski definition) is 2. The quantitative estimate of drug-likeness (QED) is 0.780. The van der Waals surface area contributed by atoms with Crippen LogP contribution in [0.1, 0.15) is 32.8 Å². The Kier molecular flexibility index (Phi) is 3.09. The summed E-state index contributed by atoms with van der Waals surface area (Å²) in [6.45, 7) is 6.00. The van der Waals surface area contributed by atoms with E-state index in [0.717, 1.165) is 18.5 Å². The zero-order chi connectivity index (χ0) is 12.5. The second kappa shape index (κ2) is 4.40. The van der Waals surface area contributed by atoms with Crippen molar-refractivity contribution in [1.82, 2.24) is 5.32 Å². The molecule has 0 saturated heterocycles. The summed E-state index contributed by atoms with van der Waals surface area (Å²) in [5.74, 6) is 0.0898. The number of para-hydroxylation sites is 1. The van der Waals surface area contributed by atoms with Crippen molar-refractivity contribution >= 4 is 11.6 Å². The Balaban J connectivity index is 2.05. The number of nitrogens with one attached hydrogen (secondary N) is 2. The molecule has 2 N–H and O–H groups in total. The minimum absolute atomic E-state index is 0.0898. The van der Waals surface area contributed by atoms with E-state index in [-0.39, 0.29) is 17.5 Å². The lowest BCUT2D eigenvalue weighted by Gasteiger charge is -2.29. The van der Waals surface area contributed by atoms with Crippen LogP contribution in [0, 0.1) is 0 Å². The topological polar surface area (TPSA) is 41.1 Å². The van der Waals surface area contributed by atoms with Gasteiger partial charge >= 0.3 is 0 Å². The zero-order valence-electron chi connectivity index (χ0n) is 10.7. The molecule has 1 aliphatic rings. The van der Waals surface area contributed by atoms with E-state index in [2.05, 4.69) is 16.7 Å². The lowest BCUT2D eigenvalue weighted by molar-refractivity contribution is -0.123. The molecule has 0 aliphatic carbocycles. The predicted octanol–water partition coefficient (Wildman–Crippen LogP) is 2.33. The lowest BCUT2D eigenvalue weighted by atomic mass is 9.97. The van der Waals surface area contributed by atoms with E-state index < -0.39 is 0 Å². The summed E-state index contributed by atoms with van der Waals surface area (Å²) in [5, 5.41) is 6.33. The van der Waals surface area contributed by atoms with E-state index >= 15 is 0 Å². The van der Waals surface area contributed by atoms with Crippen LogP contribution < -0.4 is 10.6 Å². The number of rotatable bonds is 1. The van der Waals surface area contributed by atoms with E-state index in [1.54, 1.807) is 0 Å². The van der Waals surface area contributed by atoms with Gasteiger partial charge in [-0.3, -0.25) is 4.79 Å². The van der Waals surface area contributed by atoms with Crippen LogP contribution in [-0.2, 0) is 11.2 Å². The second-order valence-corrected chi connectivity index (χ2v) is 5.63. The van der Waals surface area contributed by atoms with Crippen molar-refractivity contribution in [2.24, 2.45) is 0 Å². The summed E-state index contributed by atoms with van der Waals surface area (Å²) in [7, 11) is 0. The SMILES string of the molecule is CC(C)(C)NC(=O)C1CCc2ccccc2N1. The van der Waals surface area contributed by atoms with Gasteiger partial charge in [-0.2, -0.15) is 0 Å². The monoisotopic (exact) mass is 232 g/mol. The van der Waals surface area contributed by atoms with Crippen molar-refractivity contribution in [1.29, 1.82) is 0 Å². The van der Waals surface area contributed by atoms with Gasteiger partial charge in [0.25, 0.3) is 0 Å². The van der Waals surface area contributed by atoms with Gasteiger partial charge < -0.3 is 10.6 Å². The number of aryl methyl sites for hydroxylation is 1. The lowest BCUT2D eigenvalue weighted by Crippen LogP contribution is -2.49. The number of carbonyl (C=O) groups is 1. The summed E-state index contributed by atoms with van der Waals surface area (Å²) in [6, 6.07) is 8.07. The maximum absolute atomic E-state index is 12.0. The maximum Gasteiger partial charge on any atom is 0.242 e. The molecule has 1 aliphatic heterocycles. The number of fused-ring (bicyclic) bond motifs is 1. The first-order chi connectivity index (χ1) is 7.96. The van der Waals surface area contributed by atoms with Crippen LogP contribution in [0.15, 0.2) is 24.3 Å². The van der Waals surface area contributed by atoms with E-state index in [4.69, 9.17) is 0 Å². The molecule has 2 rings (SSSR count). The minimum atomic E-state index is -0.171. The fourth-order valence-corrected chi connectivity index (χ4v) is 2.09. The van der Waals surface area contributed by atoms with Crippen LogP contribution in [0.25, 0.3) is 0 Å². The summed E-state index contributed by atoms with van der Waals surface area (Å²) in [6.07, 6.45) is 1.82. The molecule has 0 spiro atoms. The molecule has 0 aromatic heterocycles. The Bertz CT molecular complexity index is 420. The van der Waals surface area contributed by atoms with Crippen molar-refractivity contribution in [2.75, 3.05) is 5.32 Å². The van der Waals surface area contributed by atoms with Crippen LogP contribution in [0.3, 0.4) is 0 Å². The third kappa shape index (κ3) is 2.99. The van der Waals surface area contributed by atoms with Crippen LogP contribution in [0.2, 0.25) is 0 Å². The first-order valence-electron chi connectivity index (χ1n) is 6.12. The van der Waals surface area contributed by atoms with Crippen LogP contribution in [-0.4, -0.2) is 17.5 Å². The molecule has 1 amide bonds. The molecule has 1 aromatic rings. The van der Waals surface area contributed by atoms with Gasteiger partial charge in [-0.25, -0.2) is 0 Å². The third-order valence-electron chi connectivity index (χ3n) is 2.86. The molecule has 1 heterocycles. The first-order valence-corrected chi connectivity index (χ1v) is 6.12. The van der Waals surface area contributed by atoms with Crippen molar-refractivity contribution in [3.05, 3.63) is 29.8 Å². The normalized spacial score (nSPS) is 19.1. The highest BCUT2D eigenvalue weighted by atomic mass is 16.2. The average molecular weight is 232 g/mol. The van der Waals surface area contributed by atoms with Crippen molar-refractivity contribution in [3.63, 3.8) is 0 Å². The minimum Gasteiger partial charge on any atom is -0.373 e. The fraction of sp³-hybridized carbons (Fsp3) is 0.500. The fourth-order valence-electron chi connectivity index (χ4n) is 2.09. The van der Waals surface area contributed by atoms with Gasteiger partial charge in [-0.1, -0.05) is 18.2 Å². The summed E-state index contributed by atoms with van der Waals surface area (Å²) >= 11 is 0. The molecule has 0 bridgehead atoms. The largest absolute Gasteiger partial charge is 0.373 e. The highest BCUT2D eigenvalue weighted by Crippen LogP contribution is 2.24. The van der Waals surface area contributed by atoms with E-state index in [1.807, 2.05) is 39.0 Å². The average Bonchev–Trinajstić information content (AvgIpc) is 2.26. The standard InChI is InChI=1S/C14H20N2O/c1-14(2,3)16-13(17)12-9-8-10-6-4-5-7-11(10)15-12/h4-7,12,15H,8-9H2,1-3H3,(H,16,17). The summed E-state index contributed by atoms with van der Waals surface area (Å²) in [5.41, 5.74) is 2.22. The molecular formula is C14H20N2O. The molecule has 1 unspecified atom stereocenters. The molecule has 0 radical (unpaired) electrons. The van der Waals surface area contributed by atoms with Gasteiger partial charge in [0.1, 0.15) is 6.04 Å². The van der Waals surface area contributed by atoms with Gasteiger partial charge in [-0.15, -0.1) is 0 Å². The number of amides is 1. The highest BCUT2D eigenvalue weighted by molar-refractivity contribution is 5.86. The Hall–Kier alpha value is -1.51. The molecule has 3 nitrogen and oxygen atoms in total. The molecule has 0 saturated carbocycles. The van der Waals surface area contributed by atoms with Gasteiger partial charge in [0, 0.05) is 11.2 Å². The van der Waals surface area contributed by atoms with Gasteiger partial charge in [0.05, 0.1) is 0 Å². The maximum atomic E-state index is 12.0. The summed E-state index contributed by atoms with van der Waals surface area (Å²) < 4.78 is 0. The van der Waals surface area contributed by atoms with Gasteiger partial charge in [0.2, 0.25) is 5.91 Å². The second-order valence-electron chi connectivity index (χ2n) is 5.63. The third-order valence-corrected chi connectivity index (χ3v) is 2.86. The smallest absolute Gasteiger partial charge is 0.242 e. The predicted molar refractivity (Wildman–Crippen MR) is 70.1 cm³/mol. The van der Waals surface area contributed by atoms with Crippen molar-refractivity contribution in [3.8, 4) is 0 Å². The Labute approximate surface area is 103 Å². The Morgan fingerprint density at radius 3 is 2.76 bits per heavy atom. The van der Waals surface area contributed by atoms with Crippen LogP contribution >= 0.6 is 0 Å². The number of benzene rings is 1. The highest BCUT2D eigenvalue weighted by Gasteiger charge is 2.26. The van der Waals surface area contributed by atoms with Crippen LogP contribution in [0.4, 0.5) is 5.69 Å². The Morgan fingerprint density at radius 1 is 1.35 bits per heavy atom. The molecule has 17 heavy (non-hydrogen) atoms. The van der Waals surface area contributed by atoms with Crippen molar-refractivity contribution in [2.45, 2.75) is 45.2 Å². The molecule has 0 fully saturated rings.